The SMILES string of the molecule is Cn1nc(C2CC2)c2c1OC(N)=C(C#N)C2c1ccc(-n2ccnc2-c2cccnc2)cc1. The quantitative estimate of drug-likeness (QED) is 0.523. The Labute approximate surface area is 190 Å². The molecule has 0 radical (unpaired) electrons. The topological polar surface area (TPSA) is 108 Å². The lowest BCUT2D eigenvalue weighted by Crippen LogP contribution is -2.22. The Balaban J connectivity index is 1.44. The van der Waals surface area contributed by atoms with Gasteiger partial charge < -0.3 is 10.5 Å². The summed E-state index contributed by atoms with van der Waals surface area (Å²) in [5, 5.41) is 14.6. The number of fused-ring (bicyclic) bond motifs is 1. The van der Waals surface area contributed by atoms with E-state index in [0.717, 1.165) is 46.7 Å². The van der Waals surface area contributed by atoms with Crippen molar-refractivity contribution in [3.63, 3.8) is 0 Å². The number of hydrogen-bond donors (Lipinski definition) is 1. The molecule has 3 aromatic heterocycles. The highest BCUT2D eigenvalue weighted by Gasteiger charge is 2.40. The standard InChI is InChI=1S/C25H21N7O/c1-31-25-21(22(30-31)16-4-5-16)20(19(13-26)23(27)33-25)15-6-8-18(9-7-15)32-12-11-29-24(32)17-3-2-10-28-14-17/h2-3,6-12,14,16,20H,4-5,27H2,1H3. The lowest BCUT2D eigenvalue weighted by Gasteiger charge is -2.25. The summed E-state index contributed by atoms with van der Waals surface area (Å²) in [6, 6.07) is 14.3. The van der Waals surface area contributed by atoms with Crippen LogP contribution in [-0.2, 0) is 7.05 Å². The van der Waals surface area contributed by atoms with Crippen molar-refractivity contribution in [2.75, 3.05) is 0 Å². The summed E-state index contributed by atoms with van der Waals surface area (Å²) in [7, 11) is 1.86. The van der Waals surface area contributed by atoms with Gasteiger partial charge in [0.2, 0.25) is 11.8 Å². The fraction of sp³-hybridized carbons (Fsp3) is 0.200. The second-order valence-corrected chi connectivity index (χ2v) is 8.38. The van der Waals surface area contributed by atoms with Crippen molar-refractivity contribution in [2.24, 2.45) is 12.8 Å². The first-order valence-electron chi connectivity index (χ1n) is 10.8. The molecule has 2 aliphatic rings. The molecule has 1 aromatic carbocycles. The molecule has 4 aromatic rings. The lowest BCUT2D eigenvalue weighted by molar-refractivity contribution is 0.358. The van der Waals surface area contributed by atoms with Crippen LogP contribution in [0.25, 0.3) is 17.1 Å². The van der Waals surface area contributed by atoms with Crippen molar-refractivity contribution in [3.05, 3.63) is 89.5 Å². The van der Waals surface area contributed by atoms with Gasteiger partial charge in [0.1, 0.15) is 17.5 Å². The smallest absolute Gasteiger partial charge is 0.224 e. The Morgan fingerprint density at radius 1 is 1.15 bits per heavy atom. The molecule has 1 fully saturated rings. The summed E-state index contributed by atoms with van der Waals surface area (Å²) >= 11 is 0. The number of hydrogen-bond acceptors (Lipinski definition) is 6. The van der Waals surface area contributed by atoms with Gasteiger partial charge in [-0.2, -0.15) is 10.4 Å². The Morgan fingerprint density at radius 2 is 1.97 bits per heavy atom. The highest BCUT2D eigenvalue weighted by Crippen LogP contribution is 2.50. The van der Waals surface area contributed by atoms with Crippen LogP contribution in [0.5, 0.6) is 5.88 Å². The summed E-state index contributed by atoms with van der Waals surface area (Å²) in [4.78, 5) is 8.71. The first-order valence-corrected chi connectivity index (χ1v) is 10.8. The van der Waals surface area contributed by atoms with Crippen molar-refractivity contribution in [1.82, 2.24) is 24.3 Å². The molecule has 8 nitrogen and oxygen atoms in total. The predicted molar refractivity (Wildman–Crippen MR) is 121 cm³/mol. The molecule has 33 heavy (non-hydrogen) atoms. The van der Waals surface area contributed by atoms with Gasteiger partial charge in [0.05, 0.1) is 17.2 Å². The van der Waals surface area contributed by atoms with Crippen molar-refractivity contribution < 1.29 is 4.74 Å². The first kappa shape index (κ1) is 19.3. The Morgan fingerprint density at radius 3 is 2.67 bits per heavy atom. The van der Waals surface area contributed by atoms with Crippen LogP contribution in [-0.4, -0.2) is 24.3 Å². The minimum atomic E-state index is -0.308. The van der Waals surface area contributed by atoms with E-state index in [-0.39, 0.29) is 11.8 Å². The van der Waals surface area contributed by atoms with Crippen LogP contribution < -0.4 is 10.5 Å². The first-order chi connectivity index (χ1) is 16.2. The van der Waals surface area contributed by atoms with Crippen LogP contribution in [0.2, 0.25) is 0 Å². The van der Waals surface area contributed by atoms with Gasteiger partial charge in [-0.25, -0.2) is 9.67 Å². The van der Waals surface area contributed by atoms with Gasteiger partial charge in [0.15, 0.2) is 0 Å². The maximum absolute atomic E-state index is 9.92. The van der Waals surface area contributed by atoms with Gasteiger partial charge in [-0.15, -0.1) is 0 Å². The van der Waals surface area contributed by atoms with Crippen LogP contribution in [0, 0.1) is 11.3 Å². The van der Waals surface area contributed by atoms with Gasteiger partial charge in [-0.1, -0.05) is 12.1 Å². The number of ether oxygens (including phenoxy) is 1. The summed E-state index contributed by atoms with van der Waals surface area (Å²) in [6.45, 7) is 0. The molecule has 162 valence electrons. The van der Waals surface area contributed by atoms with E-state index in [0.29, 0.717) is 17.4 Å². The molecule has 8 heteroatoms. The largest absolute Gasteiger partial charge is 0.422 e. The van der Waals surface area contributed by atoms with Crippen molar-refractivity contribution >= 4 is 0 Å². The molecule has 1 aliphatic carbocycles. The zero-order chi connectivity index (χ0) is 22.5. The van der Waals surface area contributed by atoms with Crippen LogP contribution in [0.15, 0.2) is 72.6 Å². The number of imidazole rings is 1. The zero-order valence-electron chi connectivity index (χ0n) is 18.0. The summed E-state index contributed by atoms with van der Waals surface area (Å²) < 4.78 is 9.59. The molecule has 6 rings (SSSR count). The van der Waals surface area contributed by atoms with E-state index >= 15 is 0 Å². The highest BCUT2D eigenvalue weighted by atomic mass is 16.5. The van der Waals surface area contributed by atoms with Crippen molar-refractivity contribution in [2.45, 2.75) is 24.7 Å². The van der Waals surface area contributed by atoms with Crippen LogP contribution in [0.4, 0.5) is 0 Å². The minimum absolute atomic E-state index is 0.137. The molecule has 0 saturated heterocycles. The highest BCUT2D eigenvalue weighted by molar-refractivity contribution is 5.60. The van der Waals surface area contributed by atoms with Crippen LogP contribution >= 0.6 is 0 Å². The molecule has 1 aliphatic heterocycles. The van der Waals surface area contributed by atoms with Crippen molar-refractivity contribution in [3.8, 4) is 29.0 Å². The number of nitrogens with two attached hydrogens (primary N) is 1. The van der Waals surface area contributed by atoms with Crippen LogP contribution in [0.3, 0.4) is 0 Å². The van der Waals surface area contributed by atoms with Crippen molar-refractivity contribution in [1.29, 1.82) is 5.26 Å². The zero-order valence-corrected chi connectivity index (χ0v) is 18.0. The van der Waals surface area contributed by atoms with E-state index in [1.165, 1.54) is 0 Å². The Hall–Kier alpha value is -4.38. The molecule has 0 spiro atoms. The van der Waals surface area contributed by atoms with E-state index in [1.54, 1.807) is 23.3 Å². The number of pyridine rings is 1. The molecule has 0 bridgehead atoms. The second kappa shape index (κ2) is 7.35. The predicted octanol–water partition coefficient (Wildman–Crippen LogP) is 3.76. The Kier molecular flexibility index (Phi) is 4.30. The van der Waals surface area contributed by atoms with Gasteiger partial charge in [0.25, 0.3) is 0 Å². The third-order valence-electron chi connectivity index (χ3n) is 6.26. The number of rotatable bonds is 4. The van der Waals surface area contributed by atoms with Gasteiger partial charge in [-0.05, 0) is 42.7 Å². The molecular weight excluding hydrogens is 414 g/mol. The minimum Gasteiger partial charge on any atom is -0.422 e. The number of aryl methyl sites for hydroxylation is 1. The molecular formula is C25H21N7O. The number of nitrogens with zero attached hydrogens (tertiary/aromatic N) is 6. The van der Waals surface area contributed by atoms with E-state index in [2.05, 4.69) is 16.0 Å². The van der Waals surface area contributed by atoms with Gasteiger partial charge >= 0.3 is 0 Å². The molecule has 2 N–H and O–H groups in total. The molecule has 4 heterocycles. The maximum Gasteiger partial charge on any atom is 0.224 e. The fourth-order valence-electron chi connectivity index (χ4n) is 4.54. The third kappa shape index (κ3) is 3.09. The summed E-state index contributed by atoms with van der Waals surface area (Å²) in [5.41, 5.74) is 11.4. The summed E-state index contributed by atoms with van der Waals surface area (Å²) in [6.07, 6.45) is 9.45. The number of benzene rings is 1. The Bertz CT molecular complexity index is 1420. The molecule has 0 amide bonds. The third-order valence-corrected chi connectivity index (χ3v) is 6.26. The maximum atomic E-state index is 9.92. The van der Waals surface area contributed by atoms with E-state index in [4.69, 9.17) is 15.6 Å². The van der Waals surface area contributed by atoms with E-state index in [9.17, 15) is 5.26 Å². The lowest BCUT2D eigenvalue weighted by atomic mass is 9.83. The summed E-state index contributed by atoms with van der Waals surface area (Å²) in [5.74, 6) is 1.68. The van der Waals surface area contributed by atoms with E-state index < -0.39 is 0 Å². The molecule has 1 saturated carbocycles. The number of aromatic nitrogens is 5. The fourth-order valence-corrected chi connectivity index (χ4v) is 4.54. The normalized spacial score (nSPS) is 17.4. The number of nitriles is 1. The number of allylic oxidation sites excluding steroid dienone is 1. The second-order valence-electron chi connectivity index (χ2n) is 8.38. The van der Waals surface area contributed by atoms with Crippen LogP contribution in [0.1, 0.15) is 41.5 Å². The van der Waals surface area contributed by atoms with Gasteiger partial charge in [-0.3, -0.25) is 9.55 Å². The molecule has 1 atom stereocenters. The van der Waals surface area contributed by atoms with Gasteiger partial charge in [0, 0.05) is 49.0 Å². The monoisotopic (exact) mass is 435 g/mol. The molecule has 1 unspecified atom stereocenters. The average Bonchev–Trinajstić information content (AvgIpc) is 3.48. The van der Waals surface area contributed by atoms with E-state index in [1.807, 2.05) is 54.2 Å². The average molecular weight is 435 g/mol.